The van der Waals surface area contributed by atoms with E-state index in [1.54, 1.807) is 11.0 Å². The Hall–Kier alpha value is -2.56. The Morgan fingerprint density at radius 3 is 2.24 bits per heavy atom. The summed E-state index contributed by atoms with van der Waals surface area (Å²) in [6, 6.07) is 2.91. The molecule has 0 spiro atoms. The Labute approximate surface area is 190 Å². The Bertz CT molecular complexity index is 834. The normalized spacial score (nSPS) is 21.0. The number of ether oxygens (including phenoxy) is 2. The molecule has 0 saturated carbocycles. The smallest absolute Gasteiger partial charge is 0.408 e. The van der Waals surface area contributed by atoms with Gasteiger partial charge in [0.25, 0.3) is 5.91 Å². The molecule has 1 unspecified atom stereocenters. The lowest BCUT2D eigenvalue weighted by Gasteiger charge is -2.37. The van der Waals surface area contributed by atoms with Gasteiger partial charge in [0, 0.05) is 31.3 Å². The van der Waals surface area contributed by atoms with E-state index in [1.807, 2.05) is 0 Å². The summed E-state index contributed by atoms with van der Waals surface area (Å²) in [6.45, 7) is 0.143. The molecule has 0 aliphatic carbocycles. The van der Waals surface area contributed by atoms with E-state index in [0.29, 0.717) is 17.9 Å². The van der Waals surface area contributed by atoms with Crippen molar-refractivity contribution in [3.63, 3.8) is 0 Å². The molecule has 33 heavy (non-hydrogen) atoms. The minimum atomic E-state index is -4.44. The van der Waals surface area contributed by atoms with E-state index < -0.39 is 29.7 Å². The van der Waals surface area contributed by atoms with Crippen LogP contribution in [0.1, 0.15) is 36.0 Å². The number of likely N-dealkylation sites (tertiary alicyclic amines) is 2. The number of rotatable bonds is 7. The van der Waals surface area contributed by atoms with Crippen molar-refractivity contribution in [2.45, 2.75) is 43.6 Å². The minimum absolute atomic E-state index is 0.0602. The summed E-state index contributed by atoms with van der Waals surface area (Å²) in [6.07, 6.45) is -4.08. The fourth-order valence-corrected chi connectivity index (χ4v) is 4.26. The quantitative estimate of drug-likeness (QED) is 0.615. The number of benzene rings is 1. The number of hydrogen-bond acceptors (Lipinski definition) is 5. The fraction of sp³-hybridized carbons (Fsp3) is 0.636. The average molecular weight is 475 g/mol. The highest BCUT2D eigenvalue weighted by Gasteiger charge is 2.48. The Morgan fingerprint density at radius 1 is 1.09 bits per heavy atom. The van der Waals surface area contributed by atoms with Crippen LogP contribution in [0.25, 0.3) is 0 Å². The maximum atomic E-state index is 15.2. The highest BCUT2D eigenvalue weighted by atomic mass is 19.4. The number of alkyl halides is 4. The fourth-order valence-electron chi connectivity index (χ4n) is 4.26. The summed E-state index contributed by atoms with van der Waals surface area (Å²) in [7, 11) is 2.91. The van der Waals surface area contributed by atoms with Crippen LogP contribution in [0.3, 0.4) is 0 Å². The summed E-state index contributed by atoms with van der Waals surface area (Å²) in [5, 5.41) is 2.59. The monoisotopic (exact) mass is 475 g/mol. The maximum absolute atomic E-state index is 15.2. The van der Waals surface area contributed by atoms with Crippen molar-refractivity contribution < 1.29 is 36.6 Å². The van der Waals surface area contributed by atoms with Gasteiger partial charge in [-0.1, -0.05) is 0 Å². The number of amides is 2. The molecule has 7 nitrogen and oxygen atoms in total. The standard InChI is InChI=1S/C22H29F4N3O4/c1-32-16-10-15(11-17(12-16)33-2)20(31)27-14-21(23)5-8-28(9-6-21)13-19(30)29-7-3-4-18(29)22(24,25)26/h10-12,18H,3-9,13-14H2,1-2H3,(H,27,31). The molecule has 1 aromatic rings. The minimum Gasteiger partial charge on any atom is -0.497 e. The van der Waals surface area contributed by atoms with Crippen LogP contribution >= 0.6 is 0 Å². The molecular formula is C22H29F4N3O4. The van der Waals surface area contributed by atoms with E-state index in [-0.39, 0.29) is 57.5 Å². The molecular weight excluding hydrogens is 446 g/mol. The van der Waals surface area contributed by atoms with Crippen LogP contribution < -0.4 is 14.8 Å². The van der Waals surface area contributed by atoms with Crippen LogP contribution in [-0.2, 0) is 4.79 Å². The third-order valence-corrected chi connectivity index (χ3v) is 6.24. The molecule has 3 rings (SSSR count). The van der Waals surface area contributed by atoms with E-state index >= 15 is 4.39 Å². The Kier molecular flexibility index (Phi) is 7.71. The van der Waals surface area contributed by atoms with Crippen molar-refractivity contribution in [2.24, 2.45) is 0 Å². The molecule has 2 fully saturated rings. The van der Waals surface area contributed by atoms with Gasteiger partial charge in [-0.25, -0.2) is 4.39 Å². The molecule has 0 radical (unpaired) electrons. The van der Waals surface area contributed by atoms with E-state index in [0.717, 1.165) is 4.90 Å². The van der Waals surface area contributed by atoms with Gasteiger partial charge in [0.15, 0.2) is 0 Å². The number of carbonyl (C=O) groups is 2. The molecule has 1 N–H and O–H groups in total. The average Bonchev–Trinajstić information content (AvgIpc) is 3.30. The van der Waals surface area contributed by atoms with Crippen molar-refractivity contribution >= 4 is 11.8 Å². The van der Waals surface area contributed by atoms with Crippen LogP contribution in [0.4, 0.5) is 17.6 Å². The van der Waals surface area contributed by atoms with Crippen molar-refractivity contribution in [1.82, 2.24) is 15.1 Å². The maximum Gasteiger partial charge on any atom is 0.408 e. The number of hydrogen-bond donors (Lipinski definition) is 1. The van der Waals surface area contributed by atoms with E-state index in [2.05, 4.69) is 5.32 Å². The summed E-state index contributed by atoms with van der Waals surface area (Å²) >= 11 is 0. The van der Waals surface area contributed by atoms with Crippen molar-refractivity contribution in [2.75, 3.05) is 46.9 Å². The number of nitrogens with zero attached hydrogens (tertiary/aromatic N) is 2. The number of piperidine rings is 1. The number of nitrogens with one attached hydrogen (secondary N) is 1. The van der Waals surface area contributed by atoms with Gasteiger partial charge >= 0.3 is 6.18 Å². The molecule has 11 heteroatoms. The first-order valence-electron chi connectivity index (χ1n) is 10.8. The largest absolute Gasteiger partial charge is 0.497 e. The number of carbonyl (C=O) groups excluding carboxylic acids is 2. The van der Waals surface area contributed by atoms with Crippen molar-refractivity contribution in [3.05, 3.63) is 23.8 Å². The molecule has 2 amide bonds. The highest BCUT2D eigenvalue weighted by Crippen LogP contribution is 2.33. The molecule has 2 heterocycles. The molecule has 0 aromatic heterocycles. The predicted molar refractivity (Wildman–Crippen MR) is 112 cm³/mol. The molecule has 1 atom stereocenters. The third-order valence-electron chi connectivity index (χ3n) is 6.24. The summed E-state index contributed by atoms with van der Waals surface area (Å²) in [5.74, 6) is -0.202. The summed E-state index contributed by atoms with van der Waals surface area (Å²) < 4.78 is 64.8. The lowest BCUT2D eigenvalue weighted by molar-refractivity contribution is -0.183. The summed E-state index contributed by atoms with van der Waals surface area (Å²) in [5.41, 5.74) is -1.40. The van der Waals surface area contributed by atoms with Gasteiger partial charge in [0.1, 0.15) is 23.2 Å². The lowest BCUT2D eigenvalue weighted by atomic mass is 9.93. The SMILES string of the molecule is COc1cc(OC)cc(C(=O)NCC2(F)CCN(CC(=O)N3CCCC3C(F)(F)F)CC2)c1. The molecule has 2 aliphatic heterocycles. The van der Waals surface area contributed by atoms with E-state index in [9.17, 15) is 22.8 Å². The van der Waals surface area contributed by atoms with Crippen LogP contribution in [0.5, 0.6) is 11.5 Å². The van der Waals surface area contributed by atoms with Gasteiger partial charge in [-0.05, 0) is 37.8 Å². The van der Waals surface area contributed by atoms with Gasteiger partial charge in [-0.15, -0.1) is 0 Å². The second-order valence-electron chi connectivity index (χ2n) is 8.50. The molecule has 2 aliphatic rings. The lowest BCUT2D eigenvalue weighted by Crippen LogP contribution is -2.52. The molecule has 184 valence electrons. The Morgan fingerprint density at radius 2 is 1.70 bits per heavy atom. The van der Waals surface area contributed by atoms with E-state index in [4.69, 9.17) is 9.47 Å². The van der Waals surface area contributed by atoms with Crippen molar-refractivity contribution in [3.8, 4) is 11.5 Å². The second kappa shape index (κ2) is 10.1. The van der Waals surface area contributed by atoms with Gasteiger partial charge in [0.2, 0.25) is 5.91 Å². The summed E-state index contributed by atoms with van der Waals surface area (Å²) in [4.78, 5) is 27.5. The zero-order valence-electron chi connectivity index (χ0n) is 18.7. The van der Waals surface area contributed by atoms with Crippen LogP contribution in [0.15, 0.2) is 18.2 Å². The van der Waals surface area contributed by atoms with Gasteiger partial charge in [0.05, 0.1) is 27.3 Å². The van der Waals surface area contributed by atoms with Crippen LogP contribution in [0.2, 0.25) is 0 Å². The molecule has 1 aromatic carbocycles. The number of halogens is 4. The first-order chi connectivity index (χ1) is 15.5. The van der Waals surface area contributed by atoms with E-state index in [1.165, 1.54) is 26.4 Å². The van der Waals surface area contributed by atoms with Crippen LogP contribution in [-0.4, -0.2) is 86.4 Å². The zero-order chi connectivity index (χ0) is 24.2. The van der Waals surface area contributed by atoms with Crippen molar-refractivity contribution in [1.29, 1.82) is 0 Å². The third kappa shape index (κ3) is 6.27. The van der Waals surface area contributed by atoms with Gasteiger partial charge in [-0.2, -0.15) is 13.2 Å². The Balaban J connectivity index is 1.50. The first kappa shape index (κ1) is 25.1. The highest BCUT2D eigenvalue weighted by molar-refractivity contribution is 5.95. The molecule has 2 saturated heterocycles. The van der Waals surface area contributed by atoms with Gasteiger partial charge < -0.3 is 19.7 Å². The predicted octanol–water partition coefficient (Wildman–Crippen LogP) is 2.79. The topological polar surface area (TPSA) is 71.1 Å². The zero-order valence-corrected chi connectivity index (χ0v) is 18.7. The van der Waals surface area contributed by atoms with Crippen LogP contribution in [0, 0.1) is 0 Å². The molecule has 0 bridgehead atoms. The number of methoxy groups -OCH3 is 2. The second-order valence-corrected chi connectivity index (χ2v) is 8.50. The first-order valence-corrected chi connectivity index (χ1v) is 10.8. The van der Waals surface area contributed by atoms with Gasteiger partial charge in [-0.3, -0.25) is 14.5 Å².